The van der Waals surface area contributed by atoms with Gasteiger partial charge >= 0.3 is 5.97 Å². The number of ether oxygens (including phenoxy) is 1. The van der Waals surface area contributed by atoms with E-state index in [4.69, 9.17) is 9.73 Å². The highest BCUT2D eigenvalue weighted by atomic mass is 19.1. The Balaban J connectivity index is 1.53. The van der Waals surface area contributed by atoms with E-state index in [1.807, 2.05) is 24.5 Å². The van der Waals surface area contributed by atoms with Crippen LogP contribution in [0.4, 0.5) is 4.39 Å². The summed E-state index contributed by atoms with van der Waals surface area (Å²) in [5.41, 5.74) is 1.54. The van der Waals surface area contributed by atoms with E-state index < -0.39 is 5.54 Å². The second-order valence-electron chi connectivity index (χ2n) is 11.4. The molecule has 1 saturated carbocycles. The molecule has 1 aliphatic heterocycles. The Hall–Kier alpha value is -2.73. The third kappa shape index (κ3) is 5.80. The molecule has 6 heteroatoms. The first-order chi connectivity index (χ1) is 18.3. The number of carbonyl (C=O) groups excluding carboxylic acids is 1. The van der Waals surface area contributed by atoms with E-state index in [9.17, 15) is 9.18 Å². The van der Waals surface area contributed by atoms with Crippen molar-refractivity contribution in [2.24, 2.45) is 16.8 Å². The Morgan fingerprint density at radius 3 is 2.32 bits per heavy atom. The Bertz CT molecular complexity index is 1070. The lowest BCUT2D eigenvalue weighted by Gasteiger charge is -2.42. The van der Waals surface area contributed by atoms with E-state index in [-0.39, 0.29) is 29.9 Å². The molecule has 1 aliphatic carbocycles. The number of aliphatic imine (C=N–C) groups is 1. The van der Waals surface area contributed by atoms with Crippen LogP contribution in [0.2, 0.25) is 0 Å². The normalized spacial score (nSPS) is 26.9. The second-order valence-corrected chi connectivity index (χ2v) is 11.4. The summed E-state index contributed by atoms with van der Waals surface area (Å²) in [5, 5.41) is 0. The van der Waals surface area contributed by atoms with Crippen LogP contribution in [0.15, 0.2) is 59.6 Å². The highest BCUT2D eigenvalue weighted by Crippen LogP contribution is 2.45. The van der Waals surface area contributed by atoms with E-state index in [1.54, 1.807) is 12.1 Å². The number of hydrogen-bond acceptors (Lipinski definition) is 5. The van der Waals surface area contributed by atoms with Crippen molar-refractivity contribution in [3.63, 3.8) is 0 Å². The van der Waals surface area contributed by atoms with Gasteiger partial charge in [0.25, 0.3) is 0 Å². The van der Waals surface area contributed by atoms with Gasteiger partial charge in [-0.3, -0.25) is 4.99 Å². The molecule has 4 unspecified atom stereocenters. The quantitative estimate of drug-likeness (QED) is 0.322. The first-order valence-electron chi connectivity index (χ1n) is 14.2. The topological polar surface area (TPSA) is 45.1 Å². The molecule has 1 heterocycles. The number of methoxy groups -OCH3 is 1. The van der Waals surface area contributed by atoms with Gasteiger partial charge < -0.3 is 14.5 Å². The molecule has 0 aromatic heterocycles. The number of carbonyl (C=O) groups is 1. The van der Waals surface area contributed by atoms with Gasteiger partial charge in [0.2, 0.25) is 0 Å². The zero-order chi connectivity index (χ0) is 27.3. The molecule has 206 valence electrons. The summed E-state index contributed by atoms with van der Waals surface area (Å²) >= 11 is 0. The van der Waals surface area contributed by atoms with Crippen molar-refractivity contribution in [1.29, 1.82) is 0 Å². The third-order valence-electron chi connectivity index (χ3n) is 8.89. The summed E-state index contributed by atoms with van der Waals surface area (Å²) in [6.07, 6.45) is 8.84. The molecule has 0 bridgehead atoms. The summed E-state index contributed by atoms with van der Waals surface area (Å²) in [4.78, 5) is 22.8. The number of benzene rings is 2. The lowest BCUT2D eigenvalue weighted by atomic mass is 9.72. The predicted molar refractivity (Wildman–Crippen MR) is 152 cm³/mol. The van der Waals surface area contributed by atoms with Crippen molar-refractivity contribution in [2.45, 2.75) is 82.5 Å². The summed E-state index contributed by atoms with van der Waals surface area (Å²) < 4.78 is 18.9. The molecule has 4 atom stereocenters. The number of rotatable bonds is 10. The fraction of sp³-hybridized carbons (Fsp3) is 0.562. The summed E-state index contributed by atoms with van der Waals surface area (Å²) in [7, 11) is 5.72. The third-order valence-corrected chi connectivity index (χ3v) is 8.89. The highest BCUT2D eigenvalue weighted by molar-refractivity contribution is 5.86. The first-order valence-corrected chi connectivity index (χ1v) is 14.2. The van der Waals surface area contributed by atoms with Gasteiger partial charge in [-0.1, -0.05) is 68.7 Å². The van der Waals surface area contributed by atoms with Gasteiger partial charge in [0.05, 0.1) is 25.5 Å². The van der Waals surface area contributed by atoms with Crippen LogP contribution in [0.1, 0.15) is 82.0 Å². The number of hydrogen-bond donors (Lipinski definition) is 0. The van der Waals surface area contributed by atoms with Gasteiger partial charge in [-0.25, -0.2) is 9.18 Å². The minimum Gasteiger partial charge on any atom is -0.467 e. The Morgan fingerprint density at radius 2 is 1.74 bits per heavy atom. The molecule has 0 saturated heterocycles. The molecule has 38 heavy (non-hydrogen) atoms. The maximum absolute atomic E-state index is 13.6. The van der Waals surface area contributed by atoms with Gasteiger partial charge in [0.1, 0.15) is 5.82 Å². The van der Waals surface area contributed by atoms with Gasteiger partial charge in [0, 0.05) is 6.04 Å². The largest absolute Gasteiger partial charge is 0.467 e. The van der Waals surface area contributed by atoms with Crippen LogP contribution in [0, 0.1) is 17.7 Å². The zero-order valence-corrected chi connectivity index (χ0v) is 23.6. The average Bonchev–Trinajstić information content (AvgIpc) is 3.29. The molecule has 0 radical (unpaired) electrons. The molecule has 0 N–H and O–H groups in total. The Kier molecular flexibility index (Phi) is 9.24. The standard InChI is InChI=1S/C32H44FN3O2/c1-6-20-32(31(37)38-5)29(36(22-34-32)23(2)25-10-8-7-9-11-25)21-24-12-14-26(15-13-24)30(35(3)4)27-16-18-28(33)19-17-27/h7-11,16-19,22-24,26,29-30H,6,12-15,20-21H2,1-5H3. The van der Waals surface area contributed by atoms with Crippen LogP contribution >= 0.6 is 0 Å². The molecular formula is C32H44FN3O2. The summed E-state index contributed by atoms with van der Waals surface area (Å²) in [5.74, 6) is 0.623. The van der Waals surface area contributed by atoms with Crippen LogP contribution in [-0.2, 0) is 9.53 Å². The van der Waals surface area contributed by atoms with E-state index in [2.05, 4.69) is 62.0 Å². The van der Waals surface area contributed by atoms with Crippen molar-refractivity contribution in [1.82, 2.24) is 9.80 Å². The molecule has 2 aromatic rings. The molecule has 0 amide bonds. The second kappa shape index (κ2) is 12.4. The van der Waals surface area contributed by atoms with Crippen LogP contribution in [0.25, 0.3) is 0 Å². The van der Waals surface area contributed by atoms with Crippen molar-refractivity contribution >= 4 is 12.3 Å². The fourth-order valence-electron chi connectivity index (χ4n) is 6.96. The van der Waals surface area contributed by atoms with Gasteiger partial charge in [-0.05, 0) is 81.8 Å². The lowest BCUT2D eigenvalue weighted by molar-refractivity contribution is -0.149. The zero-order valence-electron chi connectivity index (χ0n) is 23.6. The van der Waals surface area contributed by atoms with Gasteiger partial charge in [-0.15, -0.1) is 0 Å². The van der Waals surface area contributed by atoms with E-state index in [0.29, 0.717) is 18.3 Å². The van der Waals surface area contributed by atoms with Crippen LogP contribution in [0.5, 0.6) is 0 Å². The Labute approximate surface area is 228 Å². The maximum Gasteiger partial charge on any atom is 0.335 e. The average molecular weight is 522 g/mol. The predicted octanol–water partition coefficient (Wildman–Crippen LogP) is 6.81. The monoisotopic (exact) mass is 521 g/mol. The number of halogens is 1. The number of nitrogens with zero attached hydrogens (tertiary/aromatic N) is 3. The van der Waals surface area contributed by atoms with Crippen molar-refractivity contribution in [3.8, 4) is 0 Å². The maximum atomic E-state index is 13.6. The van der Waals surface area contributed by atoms with Crippen molar-refractivity contribution < 1.29 is 13.9 Å². The van der Waals surface area contributed by atoms with Crippen molar-refractivity contribution in [3.05, 3.63) is 71.5 Å². The fourth-order valence-corrected chi connectivity index (χ4v) is 6.96. The van der Waals surface area contributed by atoms with Gasteiger partial charge in [-0.2, -0.15) is 0 Å². The van der Waals surface area contributed by atoms with Crippen LogP contribution in [0.3, 0.4) is 0 Å². The molecule has 4 rings (SSSR count). The van der Waals surface area contributed by atoms with Crippen LogP contribution in [-0.4, -0.2) is 54.9 Å². The lowest BCUT2D eigenvalue weighted by Crippen LogP contribution is -2.53. The molecule has 1 fully saturated rings. The molecule has 5 nitrogen and oxygen atoms in total. The molecule has 2 aliphatic rings. The summed E-state index contributed by atoms with van der Waals surface area (Å²) in [6.45, 7) is 4.32. The van der Waals surface area contributed by atoms with E-state index >= 15 is 0 Å². The minimum atomic E-state index is -0.857. The van der Waals surface area contributed by atoms with Gasteiger partial charge in [0.15, 0.2) is 5.54 Å². The minimum absolute atomic E-state index is 0.0339. The molecule has 0 spiro atoms. The summed E-state index contributed by atoms with van der Waals surface area (Å²) in [6, 6.07) is 17.8. The molecular weight excluding hydrogens is 477 g/mol. The Morgan fingerprint density at radius 1 is 1.08 bits per heavy atom. The first kappa shape index (κ1) is 28.3. The van der Waals surface area contributed by atoms with Crippen LogP contribution < -0.4 is 0 Å². The van der Waals surface area contributed by atoms with Crippen molar-refractivity contribution in [2.75, 3.05) is 21.2 Å². The van der Waals surface area contributed by atoms with E-state index in [0.717, 1.165) is 38.5 Å². The molecule has 2 aromatic carbocycles. The van der Waals surface area contributed by atoms with E-state index in [1.165, 1.54) is 18.2 Å². The highest BCUT2D eigenvalue weighted by Gasteiger charge is 2.53. The smallest absolute Gasteiger partial charge is 0.335 e. The number of esters is 1. The SMILES string of the molecule is CCCC1(C(=O)OC)N=CN(C(C)c2ccccc2)C1CC1CCC(C(c2ccc(F)cc2)N(C)C)CC1.